The third-order valence-corrected chi connectivity index (χ3v) is 4.95. The molecule has 0 saturated heterocycles. The molecule has 1 fully saturated rings. The summed E-state index contributed by atoms with van der Waals surface area (Å²) in [5.41, 5.74) is -0.0136. The van der Waals surface area contributed by atoms with Gasteiger partial charge in [-0.2, -0.15) is 0 Å². The zero-order chi connectivity index (χ0) is 19.3. The summed E-state index contributed by atoms with van der Waals surface area (Å²) in [5.74, 6) is 0.522. The average Bonchev–Trinajstić information content (AvgIpc) is 2.54. The second-order valence-corrected chi connectivity index (χ2v) is 8.82. The van der Waals surface area contributed by atoms with Crippen molar-refractivity contribution < 1.29 is 14.3 Å². The number of rotatable bonds is 4. The molecule has 1 heterocycles. The molecule has 144 valence electrons. The summed E-state index contributed by atoms with van der Waals surface area (Å²) in [7, 11) is 0. The van der Waals surface area contributed by atoms with Crippen molar-refractivity contribution in [3.63, 3.8) is 0 Å². The number of hydrogen-bond acceptors (Lipinski definition) is 4. The van der Waals surface area contributed by atoms with Gasteiger partial charge in [-0.15, -0.1) is 0 Å². The van der Waals surface area contributed by atoms with Gasteiger partial charge in [0.25, 0.3) is 0 Å². The largest absolute Gasteiger partial charge is 0.444 e. The molecule has 1 atom stereocenters. The Kier molecular flexibility index (Phi) is 7.03. The fraction of sp³-hybridized carbons (Fsp3) is 0.632. The third-order valence-electron chi connectivity index (χ3n) is 4.48. The summed E-state index contributed by atoms with van der Waals surface area (Å²) in [6.45, 7) is 7.63. The molecule has 6 nitrogen and oxygen atoms in total. The average molecular weight is 426 g/mol. The van der Waals surface area contributed by atoms with Gasteiger partial charge in [0.2, 0.25) is 5.91 Å². The maximum atomic E-state index is 12.9. The molecule has 0 aliphatic heterocycles. The summed E-state index contributed by atoms with van der Waals surface area (Å²) >= 11 is 3.27. The summed E-state index contributed by atoms with van der Waals surface area (Å²) < 4.78 is 6.04. The Labute approximate surface area is 163 Å². The molecule has 1 unspecified atom stereocenters. The van der Waals surface area contributed by atoms with E-state index in [1.807, 2.05) is 0 Å². The Morgan fingerprint density at radius 3 is 2.42 bits per heavy atom. The monoisotopic (exact) mass is 425 g/mol. The van der Waals surface area contributed by atoms with E-state index in [0.717, 1.165) is 25.7 Å². The Morgan fingerprint density at radius 1 is 1.23 bits per heavy atom. The van der Waals surface area contributed by atoms with Crippen LogP contribution in [0, 0.1) is 11.8 Å². The standard InChI is InChI=1S/C19H28BrN3O3/c1-12-5-7-13(8-6-12)16(23-18(25)26-19(2,3)4)17(24)22-14-9-10-15(20)21-11-14/h9-13,16H,5-8H2,1-4H3,(H,22,24)(H,23,25). The lowest BCUT2D eigenvalue weighted by molar-refractivity contribution is -0.119. The number of alkyl carbamates (subject to hydrolysis) is 1. The Morgan fingerprint density at radius 2 is 1.88 bits per heavy atom. The van der Waals surface area contributed by atoms with E-state index in [-0.39, 0.29) is 11.8 Å². The van der Waals surface area contributed by atoms with Crippen molar-refractivity contribution in [3.8, 4) is 0 Å². The molecule has 7 heteroatoms. The molecule has 1 aromatic heterocycles. The second kappa shape index (κ2) is 8.84. The number of aromatic nitrogens is 1. The molecule has 2 N–H and O–H groups in total. The van der Waals surface area contributed by atoms with Crippen LogP contribution in [0.1, 0.15) is 53.4 Å². The highest BCUT2D eigenvalue weighted by molar-refractivity contribution is 9.10. The Balaban J connectivity index is 2.09. The number of carbonyl (C=O) groups excluding carboxylic acids is 2. The van der Waals surface area contributed by atoms with Gasteiger partial charge in [0.1, 0.15) is 16.2 Å². The van der Waals surface area contributed by atoms with Crippen LogP contribution in [0.2, 0.25) is 0 Å². The molecule has 0 bridgehead atoms. The minimum Gasteiger partial charge on any atom is -0.444 e. The van der Waals surface area contributed by atoms with E-state index in [0.29, 0.717) is 16.2 Å². The first-order valence-corrected chi connectivity index (χ1v) is 9.85. The molecule has 1 aliphatic carbocycles. The lowest BCUT2D eigenvalue weighted by atomic mass is 9.79. The van der Waals surface area contributed by atoms with E-state index in [1.165, 1.54) is 0 Å². The van der Waals surface area contributed by atoms with Gasteiger partial charge in [-0.25, -0.2) is 9.78 Å². The molecule has 1 aromatic rings. The van der Waals surface area contributed by atoms with Crippen LogP contribution in [0.25, 0.3) is 0 Å². The van der Waals surface area contributed by atoms with Gasteiger partial charge in [0.05, 0.1) is 11.9 Å². The maximum Gasteiger partial charge on any atom is 0.408 e. The molecule has 1 saturated carbocycles. The number of nitrogens with one attached hydrogen (secondary N) is 2. The number of halogens is 1. The zero-order valence-electron chi connectivity index (χ0n) is 15.8. The normalized spacial score (nSPS) is 21.6. The van der Waals surface area contributed by atoms with Gasteiger partial charge in [-0.3, -0.25) is 4.79 Å². The Hall–Kier alpha value is -1.63. The van der Waals surface area contributed by atoms with Crippen molar-refractivity contribution in [2.45, 2.75) is 65.0 Å². The molecule has 1 aliphatic rings. The lowest BCUT2D eigenvalue weighted by Crippen LogP contribution is -2.50. The quantitative estimate of drug-likeness (QED) is 0.695. The predicted octanol–water partition coefficient (Wildman–Crippen LogP) is 4.50. The predicted molar refractivity (Wildman–Crippen MR) is 105 cm³/mol. The fourth-order valence-electron chi connectivity index (χ4n) is 3.12. The van der Waals surface area contributed by atoms with Gasteiger partial charge in [-0.1, -0.05) is 19.8 Å². The molecule has 0 spiro atoms. The maximum absolute atomic E-state index is 12.9. The highest BCUT2D eigenvalue weighted by atomic mass is 79.9. The number of anilines is 1. The van der Waals surface area contributed by atoms with Crippen molar-refractivity contribution in [3.05, 3.63) is 22.9 Å². The van der Waals surface area contributed by atoms with Gasteiger partial charge >= 0.3 is 6.09 Å². The first-order valence-electron chi connectivity index (χ1n) is 9.06. The minimum atomic E-state index is -0.624. The zero-order valence-corrected chi connectivity index (χ0v) is 17.4. The minimum absolute atomic E-state index is 0.0992. The van der Waals surface area contributed by atoms with E-state index in [1.54, 1.807) is 39.1 Å². The van der Waals surface area contributed by atoms with Crippen LogP contribution in [-0.2, 0) is 9.53 Å². The summed E-state index contributed by atoms with van der Waals surface area (Å²) in [6.07, 6.45) is 4.95. The summed E-state index contributed by atoms with van der Waals surface area (Å²) in [4.78, 5) is 29.2. The van der Waals surface area contributed by atoms with E-state index >= 15 is 0 Å². The molecule has 26 heavy (non-hydrogen) atoms. The van der Waals surface area contributed by atoms with Gasteiger partial charge in [-0.05, 0) is 73.5 Å². The van der Waals surface area contributed by atoms with Crippen molar-refractivity contribution >= 4 is 33.6 Å². The molecular weight excluding hydrogens is 398 g/mol. The first-order chi connectivity index (χ1) is 12.1. The number of ether oxygens (including phenoxy) is 1. The van der Waals surface area contributed by atoms with Crippen molar-refractivity contribution in [1.29, 1.82) is 0 Å². The van der Waals surface area contributed by atoms with Crippen LogP contribution in [0.15, 0.2) is 22.9 Å². The van der Waals surface area contributed by atoms with E-state index in [4.69, 9.17) is 4.74 Å². The highest BCUT2D eigenvalue weighted by Gasteiger charge is 2.33. The van der Waals surface area contributed by atoms with Crippen LogP contribution in [0.5, 0.6) is 0 Å². The fourth-order valence-corrected chi connectivity index (χ4v) is 3.36. The first kappa shape index (κ1) is 20.7. The lowest BCUT2D eigenvalue weighted by Gasteiger charge is -2.33. The summed E-state index contributed by atoms with van der Waals surface area (Å²) in [6, 6.07) is 2.90. The van der Waals surface area contributed by atoms with Crippen LogP contribution in [0.4, 0.5) is 10.5 Å². The highest BCUT2D eigenvalue weighted by Crippen LogP contribution is 2.31. The van der Waals surface area contributed by atoms with Crippen LogP contribution >= 0.6 is 15.9 Å². The van der Waals surface area contributed by atoms with Gasteiger partial charge < -0.3 is 15.4 Å². The SMILES string of the molecule is CC1CCC(C(NC(=O)OC(C)(C)C)C(=O)Nc2ccc(Br)nc2)CC1. The number of hydrogen-bond donors (Lipinski definition) is 2. The van der Waals surface area contributed by atoms with Crippen molar-refractivity contribution in [2.24, 2.45) is 11.8 Å². The number of carbonyl (C=O) groups is 2. The third kappa shape index (κ3) is 6.59. The van der Waals surface area contributed by atoms with Crippen LogP contribution in [-0.4, -0.2) is 28.6 Å². The second-order valence-electron chi connectivity index (χ2n) is 8.00. The van der Waals surface area contributed by atoms with Gasteiger partial charge in [0, 0.05) is 0 Å². The molecule has 0 radical (unpaired) electrons. The van der Waals surface area contributed by atoms with Gasteiger partial charge in [0.15, 0.2) is 0 Å². The molecule has 2 amide bonds. The van der Waals surface area contributed by atoms with Crippen LogP contribution in [0.3, 0.4) is 0 Å². The van der Waals surface area contributed by atoms with Crippen molar-refractivity contribution in [1.82, 2.24) is 10.3 Å². The molecule has 0 aromatic carbocycles. The van der Waals surface area contributed by atoms with E-state index < -0.39 is 17.7 Å². The molecular formula is C19H28BrN3O3. The Bertz CT molecular complexity index is 620. The van der Waals surface area contributed by atoms with Crippen molar-refractivity contribution in [2.75, 3.05) is 5.32 Å². The number of amides is 2. The van der Waals surface area contributed by atoms with Crippen LogP contribution < -0.4 is 10.6 Å². The topological polar surface area (TPSA) is 80.3 Å². The number of pyridine rings is 1. The molecule has 2 rings (SSSR count). The van der Waals surface area contributed by atoms with E-state index in [9.17, 15) is 9.59 Å². The van der Waals surface area contributed by atoms with E-state index in [2.05, 4.69) is 38.5 Å². The summed E-state index contributed by atoms with van der Waals surface area (Å²) in [5, 5.41) is 5.64. The number of nitrogens with zero attached hydrogens (tertiary/aromatic N) is 1. The smallest absolute Gasteiger partial charge is 0.408 e.